The van der Waals surface area contributed by atoms with E-state index in [4.69, 9.17) is 4.42 Å². The number of benzene rings is 1. The number of aryl methyl sites for hydroxylation is 1. The van der Waals surface area contributed by atoms with Crippen LogP contribution in [0.25, 0.3) is 11.5 Å². The quantitative estimate of drug-likeness (QED) is 0.688. The highest BCUT2D eigenvalue weighted by atomic mass is 32.2. The molecule has 0 aliphatic heterocycles. The Balaban J connectivity index is 1.16. The van der Waals surface area contributed by atoms with Gasteiger partial charge in [-0.25, -0.2) is 0 Å². The molecule has 0 radical (unpaired) electrons. The summed E-state index contributed by atoms with van der Waals surface area (Å²) in [6, 6.07) is 8.22. The minimum Gasteiger partial charge on any atom is -0.411 e. The zero-order valence-electron chi connectivity index (χ0n) is 17.2. The molecule has 4 aliphatic rings. The van der Waals surface area contributed by atoms with Crippen LogP contribution in [0.15, 0.2) is 33.9 Å². The number of nitrogens with one attached hydrogen (secondary N) is 1. The molecule has 5 nitrogen and oxygen atoms in total. The minimum atomic E-state index is 0.0633. The number of amides is 1. The summed E-state index contributed by atoms with van der Waals surface area (Å²) in [7, 11) is 0. The molecule has 2 aromatic rings. The summed E-state index contributed by atoms with van der Waals surface area (Å²) >= 11 is 1.31. The molecule has 154 valence electrons. The van der Waals surface area contributed by atoms with E-state index >= 15 is 0 Å². The van der Waals surface area contributed by atoms with Gasteiger partial charge in [0.1, 0.15) is 0 Å². The SMILES string of the molecule is Cc1ccc(-c2nnc(SCC(=O)N[C@@H](C)C34CC5CC(CC(C5)C3)C4)o2)cc1. The van der Waals surface area contributed by atoms with E-state index in [-0.39, 0.29) is 11.9 Å². The van der Waals surface area contributed by atoms with Gasteiger partial charge in [0.2, 0.25) is 11.8 Å². The van der Waals surface area contributed by atoms with Crippen molar-refractivity contribution in [2.24, 2.45) is 23.2 Å². The van der Waals surface area contributed by atoms with Crippen LogP contribution in [-0.2, 0) is 4.79 Å². The lowest BCUT2D eigenvalue weighted by Gasteiger charge is -2.59. The Morgan fingerprint density at radius 1 is 1.14 bits per heavy atom. The highest BCUT2D eigenvalue weighted by Gasteiger charge is 2.53. The van der Waals surface area contributed by atoms with E-state index < -0.39 is 0 Å². The highest BCUT2D eigenvalue weighted by molar-refractivity contribution is 7.99. The van der Waals surface area contributed by atoms with Crippen molar-refractivity contribution in [3.05, 3.63) is 29.8 Å². The summed E-state index contributed by atoms with van der Waals surface area (Å²) in [5.74, 6) is 3.56. The van der Waals surface area contributed by atoms with Crippen LogP contribution in [0.5, 0.6) is 0 Å². The van der Waals surface area contributed by atoms with Crippen LogP contribution in [0, 0.1) is 30.1 Å². The summed E-state index contributed by atoms with van der Waals surface area (Å²) < 4.78 is 5.73. The first-order chi connectivity index (χ1) is 14.0. The molecular formula is C23H29N3O2S. The fourth-order valence-corrected chi connectivity index (χ4v) is 6.93. The largest absolute Gasteiger partial charge is 0.411 e. The number of rotatable bonds is 6. The van der Waals surface area contributed by atoms with Gasteiger partial charge in [-0.05, 0) is 87.7 Å². The number of thioether (sulfide) groups is 1. The molecule has 1 atom stereocenters. The Hall–Kier alpha value is -1.82. The van der Waals surface area contributed by atoms with Crippen molar-refractivity contribution in [2.75, 3.05) is 5.75 Å². The second-order valence-electron chi connectivity index (χ2n) is 9.60. The van der Waals surface area contributed by atoms with E-state index in [0.29, 0.717) is 22.3 Å². The summed E-state index contributed by atoms with van der Waals surface area (Å²) in [4.78, 5) is 12.6. The van der Waals surface area contributed by atoms with Crippen molar-refractivity contribution in [3.8, 4) is 11.5 Å². The smallest absolute Gasteiger partial charge is 0.277 e. The minimum absolute atomic E-state index is 0.0633. The molecule has 0 unspecified atom stereocenters. The van der Waals surface area contributed by atoms with Crippen LogP contribution < -0.4 is 5.32 Å². The molecule has 6 heteroatoms. The van der Waals surface area contributed by atoms with E-state index in [1.165, 1.54) is 55.9 Å². The number of carbonyl (C=O) groups is 1. The average molecular weight is 412 g/mol. The fraction of sp³-hybridized carbons (Fsp3) is 0.609. The molecule has 1 N–H and O–H groups in total. The molecule has 0 spiro atoms. The maximum Gasteiger partial charge on any atom is 0.277 e. The fourth-order valence-electron chi connectivity index (χ4n) is 6.35. The van der Waals surface area contributed by atoms with Gasteiger partial charge < -0.3 is 9.73 Å². The first kappa shape index (κ1) is 19.2. The van der Waals surface area contributed by atoms with Crippen molar-refractivity contribution in [1.29, 1.82) is 0 Å². The van der Waals surface area contributed by atoms with Gasteiger partial charge in [-0.2, -0.15) is 0 Å². The zero-order chi connectivity index (χ0) is 20.0. The maximum atomic E-state index is 12.6. The van der Waals surface area contributed by atoms with E-state index in [0.717, 1.165) is 23.3 Å². The van der Waals surface area contributed by atoms with Crippen molar-refractivity contribution < 1.29 is 9.21 Å². The van der Waals surface area contributed by atoms with Crippen LogP contribution in [0.1, 0.15) is 51.0 Å². The van der Waals surface area contributed by atoms with Gasteiger partial charge in [0.05, 0.1) is 5.75 Å². The molecule has 4 bridgehead atoms. The molecule has 4 fully saturated rings. The van der Waals surface area contributed by atoms with Crippen LogP contribution >= 0.6 is 11.8 Å². The van der Waals surface area contributed by atoms with E-state index in [1.807, 2.05) is 31.2 Å². The first-order valence-corrected chi connectivity index (χ1v) is 11.8. The third kappa shape index (κ3) is 3.83. The van der Waals surface area contributed by atoms with Gasteiger partial charge in [0.25, 0.3) is 5.22 Å². The molecule has 1 amide bonds. The maximum absolute atomic E-state index is 12.6. The molecule has 29 heavy (non-hydrogen) atoms. The van der Waals surface area contributed by atoms with Crippen molar-refractivity contribution in [3.63, 3.8) is 0 Å². The molecule has 1 heterocycles. The molecule has 6 rings (SSSR count). The van der Waals surface area contributed by atoms with Crippen LogP contribution in [0.2, 0.25) is 0 Å². The van der Waals surface area contributed by atoms with E-state index in [1.54, 1.807) is 0 Å². The highest BCUT2D eigenvalue weighted by Crippen LogP contribution is 2.61. The summed E-state index contributed by atoms with van der Waals surface area (Å²) in [6.07, 6.45) is 8.19. The Kier molecular flexibility index (Phi) is 4.93. The standard InChI is InChI=1S/C23H29N3O2S/c1-14-3-5-19(6-4-14)21-25-26-22(28-21)29-13-20(27)24-15(2)23-10-16-7-17(11-23)9-18(8-16)12-23/h3-6,15-18H,7-13H2,1-2H3,(H,24,27)/t15-,16?,17?,18?,23?/m0/s1. The molecular weight excluding hydrogens is 382 g/mol. The van der Waals surface area contributed by atoms with Gasteiger partial charge in [-0.1, -0.05) is 29.5 Å². The van der Waals surface area contributed by atoms with Crippen molar-refractivity contribution >= 4 is 17.7 Å². The number of hydrogen-bond donors (Lipinski definition) is 1. The number of aromatic nitrogens is 2. The predicted molar refractivity (Wildman–Crippen MR) is 113 cm³/mol. The molecule has 1 aromatic carbocycles. The Labute approximate surface area is 176 Å². The van der Waals surface area contributed by atoms with Crippen molar-refractivity contribution in [1.82, 2.24) is 15.5 Å². The number of hydrogen-bond acceptors (Lipinski definition) is 5. The molecule has 4 saturated carbocycles. The van der Waals surface area contributed by atoms with Gasteiger partial charge in [0, 0.05) is 11.6 Å². The van der Waals surface area contributed by atoms with Gasteiger partial charge in [0.15, 0.2) is 0 Å². The van der Waals surface area contributed by atoms with Crippen LogP contribution in [-0.4, -0.2) is 27.9 Å². The monoisotopic (exact) mass is 411 g/mol. The Morgan fingerprint density at radius 2 is 1.76 bits per heavy atom. The van der Waals surface area contributed by atoms with Crippen molar-refractivity contribution in [2.45, 2.75) is 63.6 Å². The molecule has 4 aliphatic carbocycles. The molecule has 0 saturated heterocycles. The van der Waals surface area contributed by atoms with Gasteiger partial charge >= 0.3 is 0 Å². The normalized spacial score (nSPS) is 31.0. The lowest BCUT2D eigenvalue weighted by atomic mass is 9.48. The third-order valence-corrected chi connectivity index (χ3v) is 8.23. The van der Waals surface area contributed by atoms with Crippen LogP contribution in [0.4, 0.5) is 0 Å². The second-order valence-corrected chi connectivity index (χ2v) is 10.5. The van der Waals surface area contributed by atoms with Crippen LogP contribution in [0.3, 0.4) is 0 Å². The molecule has 1 aromatic heterocycles. The van der Waals surface area contributed by atoms with Gasteiger partial charge in [-0.15, -0.1) is 10.2 Å². The topological polar surface area (TPSA) is 68.0 Å². The summed E-state index contributed by atoms with van der Waals surface area (Å²) in [6.45, 7) is 4.26. The zero-order valence-corrected chi connectivity index (χ0v) is 18.0. The summed E-state index contributed by atoms with van der Waals surface area (Å²) in [5.41, 5.74) is 2.42. The lowest BCUT2D eigenvalue weighted by molar-refractivity contribution is -0.123. The second kappa shape index (κ2) is 7.46. The van der Waals surface area contributed by atoms with E-state index in [2.05, 4.69) is 22.4 Å². The Bertz CT molecular complexity index is 856. The number of carbonyl (C=O) groups excluding carboxylic acids is 1. The lowest BCUT2D eigenvalue weighted by Crippen LogP contribution is -2.56. The predicted octanol–water partition coefficient (Wildman–Crippen LogP) is 4.86. The average Bonchev–Trinajstić information content (AvgIpc) is 3.15. The van der Waals surface area contributed by atoms with Gasteiger partial charge in [-0.3, -0.25) is 4.79 Å². The Morgan fingerprint density at radius 3 is 2.38 bits per heavy atom. The van der Waals surface area contributed by atoms with E-state index in [9.17, 15) is 4.79 Å². The third-order valence-electron chi connectivity index (χ3n) is 7.41. The summed E-state index contributed by atoms with van der Waals surface area (Å²) in [5, 5.41) is 11.9. The first-order valence-electron chi connectivity index (χ1n) is 10.8. The number of nitrogens with zero attached hydrogens (tertiary/aromatic N) is 2.